The molecule has 3 heterocycles. The lowest BCUT2D eigenvalue weighted by atomic mass is 9.83. The summed E-state index contributed by atoms with van der Waals surface area (Å²) in [7, 11) is 0. The molecule has 2 aliphatic heterocycles. The molecule has 1 spiro atoms. The maximum atomic E-state index is 14.8. The molecule has 4 aromatic carbocycles. The number of anilines is 1. The standard InChI is InChI=1S/C32H20F2N2O4/c33-21-15-13-19(14-16-21)17-36-30(38)29-27(28(37)22-8-2-6-12-26(22)40-29)32(36)23-9-3-5-11-25(23)35(31(32)39)18-20-7-1-4-10-24(20)34/h1-16H,17-18H2. The highest BCUT2D eigenvalue weighted by atomic mass is 19.1. The van der Waals surface area contributed by atoms with Crippen LogP contribution in [0.5, 0.6) is 0 Å². The molecule has 1 aromatic heterocycles. The van der Waals surface area contributed by atoms with Gasteiger partial charge in [-0.3, -0.25) is 14.4 Å². The number of hydrogen-bond acceptors (Lipinski definition) is 4. The average Bonchev–Trinajstić information content (AvgIpc) is 3.36. The molecule has 7 rings (SSSR count). The van der Waals surface area contributed by atoms with Gasteiger partial charge in [-0.05, 0) is 42.0 Å². The van der Waals surface area contributed by atoms with Crippen LogP contribution in [-0.4, -0.2) is 16.7 Å². The molecule has 2 amide bonds. The number of benzene rings is 4. The van der Waals surface area contributed by atoms with Crippen LogP contribution in [0.15, 0.2) is 106 Å². The second-order valence-electron chi connectivity index (χ2n) is 9.86. The zero-order chi connectivity index (χ0) is 27.6. The fraction of sp³-hybridized carbons (Fsp3) is 0.0938. The molecular weight excluding hydrogens is 514 g/mol. The Morgan fingerprint density at radius 2 is 1.45 bits per heavy atom. The molecule has 0 radical (unpaired) electrons. The van der Waals surface area contributed by atoms with Crippen LogP contribution >= 0.6 is 0 Å². The molecule has 40 heavy (non-hydrogen) atoms. The minimum Gasteiger partial charge on any atom is -0.450 e. The number of carbonyl (C=O) groups is 2. The number of rotatable bonds is 4. The second kappa shape index (κ2) is 8.71. The fourth-order valence-electron chi connectivity index (χ4n) is 5.89. The predicted octanol–water partition coefficient (Wildman–Crippen LogP) is 5.52. The summed E-state index contributed by atoms with van der Waals surface area (Å²) in [5.41, 5.74) is -0.525. The molecule has 0 aliphatic carbocycles. The van der Waals surface area contributed by atoms with Gasteiger partial charge in [0.05, 0.1) is 23.2 Å². The number of carbonyl (C=O) groups excluding carboxylic acids is 2. The average molecular weight is 535 g/mol. The van der Waals surface area contributed by atoms with E-state index in [2.05, 4.69) is 0 Å². The largest absolute Gasteiger partial charge is 0.450 e. The van der Waals surface area contributed by atoms with Crippen molar-refractivity contribution < 1.29 is 22.8 Å². The van der Waals surface area contributed by atoms with Gasteiger partial charge in [0, 0.05) is 17.7 Å². The van der Waals surface area contributed by atoms with Gasteiger partial charge < -0.3 is 14.2 Å². The molecule has 0 bridgehead atoms. The van der Waals surface area contributed by atoms with Crippen LogP contribution in [0.2, 0.25) is 0 Å². The summed E-state index contributed by atoms with van der Waals surface area (Å²) < 4.78 is 34.5. The first-order chi connectivity index (χ1) is 19.4. The summed E-state index contributed by atoms with van der Waals surface area (Å²) in [6.07, 6.45) is 0. The Labute approximate surface area is 226 Å². The van der Waals surface area contributed by atoms with Gasteiger partial charge in [0.15, 0.2) is 11.0 Å². The van der Waals surface area contributed by atoms with Crippen molar-refractivity contribution in [2.45, 2.75) is 18.6 Å². The fourth-order valence-corrected chi connectivity index (χ4v) is 5.89. The van der Waals surface area contributed by atoms with Crippen LogP contribution in [0.25, 0.3) is 11.0 Å². The van der Waals surface area contributed by atoms with E-state index in [-0.39, 0.29) is 40.9 Å². The third-order valence-corrected chi connectivity index (χ3v) is 7.68. The maximum Gasteiger partial charge on any atom is 0.291 e. The van der Waals surface area contributed by atoms with Gasteiger partial charge in [-0.15, -0.1) is 0 Å². The molecular formula is C32H20F2N2O4. The summed E-state index contributed by atoms with van der Waals surface area (Å²) in [5, 5.41) is 0.231. The molecule has 0 N–H and O–H groups in total. The van der Waals surface area contributed by atoms with Gasteiger partial charge in [0.2, 0.25) is 5.76 Å². The quantitative estimate of drug-likeness (QED) is 0.305. The van der Waals surface area contributed by atoms with E-state index in [4.69, 9.17) is 4.42 Å². The molecule has 0 saturated carbocycles. The number of fused-ring (bicyclic) bond motifs is 5. The van der Waals surface area contributed by atoms with E-state index >= 15 is 0 Å². The minimum atomic E-state index is -1.87. The molecule has 0 saturated heterocycles. The van der Waals surface area contributed by atoms with Crippen molar-refractivity contribution in [2.75, 3.05) is 4.90 Å². The zero-order valence-corrected chi connectivity index (χ0v) is 20.9. The normalized spacial score (nSPS) is 17.6. The van der Waals surface area contributed by atoms with Gasteiger partial charge in [-0.2, -0.15) is 0 Å². The molecule has 196 valence electrons. The third kappa shape index (κ3) is 3.22. The Bertz CT molecular complexity index is 1920. The van der Waals surface area contributed by atoms with Crippen molar-refractivity contribution in [2.24, 2.45) is 0 Å². The van der Waals surface area contributed by atoms with Gasteiger partial charge in [0.25, 0.3) is 11.8 Å². The Morgan fingerprint density at radius 1 is 0.750 bits per heavy atom. The van der Waals surface area contributed by atoms with Crippen LogP contribution in [-0.2, 0) is 23.4 Å². The zero-order valence-electron chi connectivity index (χ0n) is 20.9. The van der Waals surface area contributed by atoms with Crippen molar-refractivity contribution in [3.8, 4) is 0 Å². The summed E-state index contributed by atoms with van der Waals surface area (Å²) in [6, 6.07) is 25.1. The van der Waals surface area contributed by atoms with E-state index in [9.17, 15) is 23.2 Å². The van der Waals surface area contributed by atoms with Crippen LogP contribution in [0.4, 0.5) is 14.5 Å². The molecule has 6 nitrogen and oxygen atoms in total. The van der Waals surface area contributed by atoms with Crippen molar-refractivity contribution >= 4 is 28.5 Å². The van der Waals surface area contributed by atoms with Gasteiger partial charge in [-0.25, -0.2) is 8.78 Å². The van der Waals surface area contributed by atoms with Crippen LogP contribution in [0.3, 0.4) is 0 Å². The van der Waals surface area contributed by atoms with E-state index in [1.165, 1.54) is 40.1 Å². The summed E-state index contributed by atoms with van der Waals surface area (Å²) in [6.45, 7) is -0.218. The van der Waals surface area contributed by atoms with Crippen LogP contribution in [0.1, 0.15) is 32.8 Å². The lowest BCUT2D eigenvalue weighted by Gasteiger charge is -2.34. The first kappa shape index (κ1) is 24.0. The number of halogens is 2. The SMILES string of the molecule is O=C1c2oc3ccccc3c(=O)c2C2(C(=O)N(Cc3ccccc3F)c3ccccc32)N1Cc1ccc(F)cc1. The first-order valence-electron chi connectivity index (χ1n) is 12.7. The number of nitrogens with zero attached hydrogens (tertiary/aromatic N) is 2. The number of amides is 2. The topological polar surface area (TPSA) is 70.8 Å². The Kier molecular flexibility index (Phi) is 5.22. The Morgan fingerprint density at radius 3 is 2.25 bits per heavy atom. The maximum absolute atomic E-state index is 14.8. The summed E-state index contributed by atoms with van der Waals surface area (Å²) in [5.74, 6) is -2.37. The second-order valence-corrected chi connectivity index (χ2v) is 9.86. The first-order valence-corrected chi connectivity index (χ1v) is 12.7. The van der Waals surface area contributed by atoms with E-state index in [0.717, 1.165) is 0 Å². The van der Waals surface area contributed by atoms with Gasteiger partial charge in [-0.1, -0.05) is 60.7 Å². The highest BCUT2D eigenvalue weighted by molar-refractivity contribution is 6.17. The van der Waals surface area contributed by atoms with Crippen LogP contribution < -0.4 is 10.3 Å². The molecule has 2 aliphatic rings. The van der Waals surface area contributed by atoms with E-state index in [1.807, 2.05) is 0 Å². The lowest BCUT2D eigenvalue weighted by Crippen LogP contribution is -2.53. The highest BCUT2D eigenvalue weighted by Gasteiger charge is 2.65. The van der Waals surface area contributed by atoms with Crippen LogP contribution in [0, 0.1) is 11.6 Å². The molecule has 8 heteroatoms. The Balaban J connectivity index is 1.51. The minimum absolute atomic E-state index is 0.0770. The molecule has 0 fully saturated rings. The molecule has 1 unspecified atom stereocenters. The van der Waals surface area contributed by atoms with E-state index < -0.39 is 34.4 Å². The third-order valence-electron chi connectivity index (χ3n) is 7.68. The molecule has 1 atom stereocenters. The van der Waals surface area contributed by atoms with Crippen molar-refractivity contribution in [1.82, 2.24) is 4.90 Å². The molecule has 5 aromatic rings. The number of hydrogen-bond donors (Lipinski definition) is 0. The Hall–Kier alpha value is -5.11. The predicted molar refractivity (Wildman–Crippen MR) is 144 cm³/mol. The van der Waals surface area contributed by atoms with Crippen molar-refractivity contribution in [3.63, 3.8) is 0 Å². The lowest BCUT2D eigenvalue weighted by molar-refractivity contribution is -0.126. The van der Waals surface area contributed by atoms with E-state index in [1.54, 1.807) is 66.7 Å². The summed E-state index contributed by atoms with van der Waals surface area (Å²) >= 11 is 0. The van der Waals surface area contributed by atoms with Gasteiger partial charge in [0.1, 0.15) is 17.2 Å². The smallest absolute Gasteiger partial charge is 0.291 e. The van der Waals surface area contributed by atoms with E-state index in [0.29, 0.717) is 16.8 Å². The highest BCUT2D eigenvalue weighted by Crippen LogP contribution is 2.53. The monoisotopic (exact) mass is 534 g/mol. The van der Waals surface area contributed by atoms with Crippen molar-refractivity contribution in [1.29, 1.82) is 0 Å². The summed E-state index contributed by atoms with van der Waals surface area (Å²) in [4.78, 5) is 45.7. The number of para-hydroxylation sites is 2. The van der Waals surface area contributed by atoms with Gasteiger partial charge >= 0.3 is 0 Å². The van der Waals surface area contributed by atoms with Crippen molar-refractivity contribution in [3.05, 3.63) is 147 Å².